The van der Waals surface area contributed by atoms with E-state index in [1.54, 1.807) is 11.0 Å². The van der Waals surface area contributed by atoms with Gasteiger partial charge in [-0.25, -0.2) is 0 Å². The molecule has 0 atom stereocenters. The van der Waals surface area contributed by atoms with Crippen molar-refractivity contribution in [3.63, 3.8) is 0 Å². The molecule has 1 amide bonds. The molecule has 3 heteroatoms. The van der Waals surface area contributed by atoms with Crippen LogP contribution in [0, 0.1) is 0 Å². The van der Waals surface area contributed by atoms with Gasteiger partial charge in [0.2, 0.25) is 5.91 Å². The summed E-state index contributed by atoms with van der Waals surface area (Å²) in [6.07, 6.45) is 2.57. The molecule has 1 aromatic rings. The first kappa shape index (κ1) is 12.5. The molecule has 0 spiro atoms. The minimum atomic E-state index is -0.0316. The first-order valence-electron chi connectivity index (χ1n) is 5.40. The highest BCUT2D eigenvalue weighted by atomic mass is 16.2. The standard InChI is InChI=1S/C13H18N2O/c1-2-9-15(13(16)11-14)10-8-12-6-4-3-5-7-12/h2-7H,1,8-11,14H2. The van der Waals surface area contributed by atoms with Crippen LogP contribution in [0.4, 0.5) is 0 Å². The van der Waals surface area contributed by atoms with Crippen molar-refractivity contribution in [3.05, 3.63) is 48.6 Å². The zero-order chi connectivity index (χ0) is 11.8. The van der Waals surface area contributed by atoms with Gasteiger partial charge in [0.25, 0.3) is 0 Å². The molecule has 86 valence electrons. The lowest BCUT2D eigenvalue weighted by Gasteiger charge is -2.20. The van der Waals surface area contributed by atoms with E-state index in [2.05, 4.69) is 18.7 Å². The molecular weight excluding hydrogens is 200 g/mol. The highest BCUT2D eigenvalue weighted by molar-refractivity contribution is 5.78. The minimum Gasteiger partial charge on any atom is -0.338 e. The van der Waals surface area contributed by atoms with Gasteiger partial charge >= 0.3 is 0 Å². The van der Waals surface area contributed by atoms with Gasteiger partial charge in [-0.2, -0.15) is 0 Å². The molecule has 16 heavy (non-hydrogen) atoms. The second kappa shape index (κ2) is 6.80. The molecule has 0 saturated carbocycles. The van der Waals surface area contributed by atoms with E-state index in [-0.39, 0.29) is 12.5 Å². The van der Waals surface area contributed by atoms with Crippen LogP contribution in [0.1, 0.15) is 5.56 Å². The van der Waals surface area contributed by atoms with E-state index in [1.165, 1.54) is 5.56 Å². The van der Waals surface area contributed by atoms with Crippen molar-refractivity contribution in [3.8, 4) is 0 Å². The highest BCUT2D eigenvalue weighted by Crippen LogP contribution is 2.01. The van der Waals surface area contributed by atoms with Crippen molar-refractivity contribution in [2.45, 2.75) is 6.42 Å². The van der Waals surface area contributed by atoms with Crippen molar-refractivity contribution < 1.29 is 4.79 Å². The Morgan fingerprint density at radius 1 is 1.38 bits per heavy atom. The van der Waals surface area contributed by atoms with E-state index in [4.69, 9.17) is 5.73 Å². The Morgan fingerprint density at radius 2 is 2.06 bits per heavy atom. The minimum absolute atomic E-state index is 0.0316. The second-order valence-corrected chi connectivity index (χ2v) is 3.57. The number of hydrogen-bond donors (Lipinski definition) is 1. The molecule has 0 aromatic heterocycles. The van der Waals surface area contributed by atoms with E-state index in [0.717, 1.165) is 6.42 Å². The summed E-state index contributed by atoms with van der Waals surface area (Å²) in [6, 6.07) is 10.1. The van der Waals surface area contributed by atoms with Gasteiger partial charge in [0, 0.05) is 13.1 Å². The van der Waals surface area contributed by atoms with Crippen LogP contribution in [0.15, 0.2) is 43.0 Å². The van der Waals surface area contributed by atoms with Gasteiger partial charge in [-0.05, 0) is 12.0 Å². The quantitative estimate of drug-likeness (QED) is 0.729. The fourth-order valence-electron chi connectivity index (χ4n) is 1.51. The molecule has 3 nitrogen and oxygen atoms in total. The van der Waals surface area contributed by atoms with E-state index in [1.807, 2.05) is 18.2 Å². The SMILES string of the molecule is C=CCN(CCc1ccccc1)C(=O)CN. The van der Waals surface area contributed by atoms with Crippen LogP contribution < -0.4 is 5.73 Å². The molecule has 2 N–H and O–H groups in total. The predicted molar refractivity (Wildman–Crippen MR) is 66.0 cm³/mol. The summed E-state index contributed by atoms with van der Waals surface area (Å²) >= 11 is 0. The van der Waals surface area contributed by atoms with Crippen LogP contribution in [-0.2, 0) is 11.2 Å². The second-order valence-electron chi connectivity index (χ2n) is 3.57. The molecule has 0 bridgehead atoms. The fraction of sp³-hybridized carbons (Fsp3) is 0.308. The third-order valence-corrected chi connectivity index (χ3v) is 2.39. The third kappa shape index (κ3) is 3.87. The molecule has 0 aliphatic carbocycles. The van der Waals surface area contributed by atoms with Crippen LogP contribution >= 0.6 is 0 Å². The lowest BCUT2D eigenvalue weighted by Crippen LogP contribution is -2.37. The van der Waals surface area contributed by atoms with Crippen molar-refractivity contribution >= 4 is 5.91 Å². The van der Waals surface area contributed by atoms with E-state index in [9.17, 15) is 4.79 Å². The Labute approximate surface area is 96.6 Å². The molecule has 1 aromatic carbocycles. The number of amides is 1. The molecule has 0 radical (unpaired) electrons. The molecule has 0 saturated heterocycles. The number of nitrogens with two attached hydrogens (primary N) is 1. The Bertz CT molecular complexity index is 335. The van der Waals surface area contributed by atoms with Gasteiger partial charge in [-0.3, -0.25) is 4.79 Å². The Hall–Kier alpha value is -1.61. The first-order chi connectivity index (χ1) is 7.77. The van der Waals surface area contributed by atoms with Crippen molar-refractivity contribution in [1.29, 1.82) is 0 Å². The normalized spacial score (nSPS) is 9.81. The van der Waals surface area contributed by atoms with Gasteiger partial charge in [-0.15, -0.1) is 6.58 Å². The summed E-state index contributed by atoms with van der Waals surface area (Å²) < 4.78 is 0. The smallest absolute Gasteiger partial charge is 0.236 e. The van der Waals surface area contributed by atoms with E-state index >= 15 is 0 Å². The predicted octanol–water partition coefficient (Wildman–Crippen LogP) is 1.20. The maximum absolute atomic E-state index is 11.5. The van der Waals surface area contributed by atoms with Crippen LogP contribution in [0.3, 0.4) is 0 Å². The number of carbonyl (C=O) groups excluding carboxylic acids is 1. The first-order valence-corrected chi connectivity index (χ1v) is 5.40. The zero-order valence-corrected chi connectivity index (χ0v) is 9.43. The van der Waals surface area contributed by atoms with E-state index < -0.39 is 0 Å². The van der Waals surface area contributed by atoms with Gasteiger partial charge in [0.1, 0.15) is 0 Å². The Kier molecular flexibility index (Phi) is 5.29. The summed E-state index contributed by atoms with van der Waals surface area (Å²) in [5, 5.41) is 0. The number of nitrogens with zero attached hydrogens (tertiary/aromatic N) is 1. The molecule has 0 fully saturated rings. The van der Waals surface area contributed by atoms with E-state index in [0.29, 0.717) is 13.1 Å². The summed E-state index contributed by atoms with van der Waals surface area (Å²) in [4.78, 5) is 13.2. The molecule has 0 unspecified atom stereocenters. The summed E-state index contributed by atoms with van der Waals surface area (Å²) in [6.45, 7) is 4.94. The van der Waals surface area contributed by atoms with Crippen LogP contribution in [-0.4, -0.2) is 30.4 Å². The van der Waals surface area contributed by atoms with Gasteiger partial charge in [-0.1, -0.05) is 36.4 Å². The summed E-state index contributed by atoms with van der Waals surface area (Å²) in [5.41, 5.74) is 6.57. The fourth-order valence-corrected chi connectivity index (χ4v) is 1.51. The Balaban J connectivity index is 2.50. The van der Waals surface area contributed by atoms with Crippen LogP contribution in [0.2, 0.25) is 0 Å². The van der Waals surface area contributed by atoms with Gasteiger partial charge in [0.05, 0.1) is 6.54 Å². The van der Waals surface area contributed by atoms with Crippen molar-refractivity contribution in [2.75, 3.05) is 19.6 Å². The lowest BCUT2D eigenvalue weighted by atomic mass is 10.1. The van der Waals surface area contributed by atoms with Gasteiger partial charge < -0.3 is 10.6 Å². The number of rotatable bonds is 6. The van der Waals surface area contributed by atoms with Gasteiger partial charge in [0.15, 0.2) is 0 Å². The molecular formula is C13H18N2O. The Morgan fingerprint density at radius 3 is 2.62 bits per heavy atom. The highest BCUT2D eigenvalue weighted by Gasteiger charge is 2.09. The molecule has 1 rings (SSSR count). The zero-order valence-electron chi connectivity index (χ0n) is 9.43. The number of benzene rings is 1. The number of hydrogen-bond acceptors (Lipinski definition) is 2. The molecule has 0 aliphatic heterocycles. The third-order valence-electron chi connectivity index (χ3n) is 2.39. The summed E-state index contributed by atoms with van der Waals surface area (Å²) in [5.74, 6) is -0.0316. The summed E-state index contributed by atoms with van der Waals surface area (Å²) in [7, 11) is 0. The largest absolute Gasteiger partial charge is 0.338 e. The van der Waals surface area contributed by atoms with Crippen LogP contribution in [0.25, 0.3) is 0 Å². The average molecular weight is 218 g/mol. The van der Waals surface area contributed by atoms with Crippen molar-refractivity contribution in [1.82, 2.24) is 4.90 Å². The molecule has 0 heterocycles. The lowest BCUT2D eigenvalue weighted by molar-refractivity contribution is -0.129. The molecule has 0 aliphatic rings. The van der Waals surface area contributed by atoms with Crippen molar-refractivity contribution in [2.24, 2.45) is 5.73 Å². The topological polar surface area (TPSA) is 46.3 Å². The maximum atomic E-state index is 11.5. The maximum Gasteiger partial charge on any atom is 0.236 e. The monoisotopic (exact) mass is 218 g/mol. The average Bonchev–Trinajstić information content (AvgIpc) is 2.34. The number of carbonyl (C=O) groups is 1. The van der Waals surface area contributed by atoms with Crippen LogP contribution in [0.5, 0.6) is 0 Å².